The lowest BCUT2D eigenvalue weighted by molar-refractivity contribution is 0.429. The van der Waals surface area contributed by atoms with Gasteiger partial charge < -0.3 is 5.32 Å². The van der Waals surface area contributed by atoms with Crippen LogP contribution in [0.3, 0.4) is 0 Å². The summed E-state index contributed by atoms with van der Waals surface area (Å²) in [4.78, 5) is 0. The fourth-order valence-corrected chi connectivity index (χ4v) is 1.74. The van der Waals surface area contributed by atoms with Crippen molar-refractivity contribution in [2.45, 2.75) is 46.6 Å². The maximum absolute atomic E-state index is 4.41. The summed E-state index contributed by atoms with van der Waals surface area (Å²) in [6.45, 7) is 11.8. The van der Waals surface area contributed by atoms with Crippen molar-refractivity contribution >= 4 is 0 Å². The first-order valence-electron chi connectivity index (χ1n) is 5.55. The van der Waals surface area contributed by atoms with Crippen LogP contribution < -0.4 is 5.32 Å². The first-order chi connectivity index (χ1) is 6.81. The van der Waals surface area contributed by atoms with E-state index in [2.05, 4.69) is 45.0 Å². The second kappa shape index (κ2) is 4.35. The van der Waals surface area contributed by atoms with Crippen LogP contribution in [0.4, 0.5) is 0 Å². The Labute approximate surface area is 92.9 Å². The van der Waals surface area contributed by atoms with Crippen molar-refractivity contribution in [3.05, 3.63) is 17.0 Å². The maximum atomic E-state index is 4.41. The van der Waals surface area contributed by atoms with E-state index in [1.54, 1.807) is 0 Å². The van der Waals surface area contributed by atoms with Crippen LogP contribution in [0.25, 0.3) is 0 Å². The van der Waals surface area contributed by atoms with E-state index in [4.69, 9.17) is 0 Å². The minimum atomic E-state index is 0.198. The fraction of sp³-hybridized carbons (Fsp3) is 0.750. The molecule has 1 rings (SSSR count). The highest BCUT2D eigenvalue weighted by Crippen LogP contribution is 2.12. The van der Waals surface area contributed by atoms with Crippen molar-refractivity contribution in [2.75, 3.05) is 6.54 Å². The Morgan fingerprint density at radius 3 is 2.27 bits per heavy atom. The molecule has 1 heterocycles. The molecule has 0 aliphatic rings. The number of hydrogen-bond acceptors (Lipinski definition) is 2. The number of aromatic nitrogens is 2. The molecule has 0 spiro atoms. The van der Waals surface area contributed by atoms with Gasteiger partial charge in [-0.05, 0) is 53.1 Å². The van der Waals surface area contributed by atoms with Gasteiger partial charge >= 0.3 is 0 Å². The molecule has 1 aromatic rings. The van der Waals surface area contributed by atoms with Gasteiger partial charge in [0.2, 0.25) is 0 Å². The summed E-state index contributed by atoms with van der Waals surface area (Å²) in [6.07, 6.45) is 1.06. The van der Waals surface area contributed by atoms with E-state index in [1.807, 2.05) is 11.7 Å². The quantitative estimate of drug-likeness (QED) is 0.825. The maximum Gasteiger partial charge on any atom is 0.0628 e. The molecule has 15 heavy (non-hydrogen) atoms. The molecule has 3 nitrogen and oxygen atoms in total. The van der Waals surface area contributed by atoms with E-state index in [0.29, 0.717) is 0 Å². The molecular weight excluding hydrogens is 186 g/mol. The van der Waals surface area contributed by atoms with Gasteiger partial charge in [-0.25, -0.2) is 0 Å². The zero-order valence-corrected chi connectivity index (χ0v) is 10.8. The predicted octanol–water partition coefficient (Wildman–Crippen LogP) is 1.97. The van der Waals surface area contributed by atoms with E-state index < -0.39 is 0 Å². The normalized spacial score (nSPS) is 12.1. The molecule has 0 saturated heterocycles. The van der Waals surface area contributed by atoms with Crippen molar-refractivity contribution in [1.82, 2.24) is 15.1 Å². The molecule has 0 saturated carbocycles. The van der Waals surface area contributed by atoms with Crippen LogP contribution >= 0.6 is 0 Å². The zero-order valence-electron chi connectivity index (χ0n) is 10.8. The van der Waals surface area contributed by atoms with Gasteiger partial charge in [0, 0.05) is 18.3 Å². The van der Waals surface area contributed by atoms with Crippen molar-refractivity contribution in [3.63, 3.8) is 0 Å². The first-order valence-corrected chi connectivity index (χ1v) is 5.55. The first kappa shape index (κ1) is 12.2. The van der Waals surface area contributed by atoms with E-state index in [-0.39, 0.29) is 5.54 Å². The third-order valence-electron chi connectivity index (χ3n) is 2.69. The molecule has 86 valence electrons. The van der Waals surface area contributed by atoms with Gasteiger partial charge in [-0.15, -0.1) is 0 Å². The summed E-state index contributed by atoms with van der Waals surface area (Å²) in [5, 5.41) is 7.91. The SMILES string of the molecule is Cc1nn(C)c(C)c1CCNC(C)(C)C. The lowest BCUT2D eigenvalue weighted by Gasteiger charge is -2.20. The molecule has 0 radical (unpaired) electrons. The third kappa shape index (κ3) is 3.34. The Hall–Kier alpha value is -0.830. The summed E-state index contributed by atoms with van der Waals surface area (Å²) in [6, 6.07) is 0. The second-order valence-electron chi connectivity index (χ2n) is 5.20. The Morgan fingerprint density at radius 2 is 1.87 bits per heavy atom. The molecule has 1 aromatic heterocycles. The van der Waals surface area contributed by atoms with Crippen molar-refractivity contribution < 1.29 is 0 Å². The van der Waals surface area contributed by atoms with E-state index in [9.17, 15) is 0 Å². The van der Waals surface area contributed by atoms with Gasteiger partial charge in [0.1, 0.15) is 0 Å². The van der Waals surface area contributed by atoms with Crippen LogP contribution in [0.1, 0.15) is 37.7 Å². The lowest BCUT2D eigenvalue weighted by Crippen LogP contribution is -2.37. The highest BCUT2D eigenvalue weighted by molar-refractivity contribution is 5.24. The standard InChI is InChI=1S/C12H23N3/c1-9-11(10(2)15(6)14-9)7-8-13-12(3,4)5/h13H,7-8H2,1-6H3. The Kier molecular flexibility index (Phi) is 3.55. The topological polar surface area (TPSA) is 29.9 Å². The van der Waals surface area contributed by atoms with Crippen molar-refractivity contribution in [2.24, 2.45) is 7.05 Å². The molecule has 0 unspecified atom stereocenters. The number of rotatable bonds is 3. The Balaban J connectivity index is 2.58. The van der Waals surface area contributed by atoms with Crippen LogP contribution in [0.2, 0.25) is 0 Å². The predicted molar refractivity (Wildman–Crippen MR) is 64.1 cm³/mol. The average Bonchev–Trinajstić information content (AvgIpc) is 2.29. The largest absolute Gasteiger partial charge is 0.312 e. The minimum Gasteiger partial charge on any atom is -0.312 e. The minimum absolute atomic E-state index is 0.198. The van der Waals surface area contributed by atoms with Crippen molar-refractivity contribution in [1.29, 1.82) is 0 Å². The average molecular weight is 209 g/mol. The van der Waals surface area contributed by atoms with Gasteiger partial charge in [0.25, 0.3) is 0 Å². The molecule has 0 atom stereocenters. The van der Waals surface area contributed by atoms with Gasteiger partial charge in [0.05, 0.1) is 5.69 Å². The van der Waals surface area contributed by atoms with Crippen LogP contribution in [0, 0.1) is 13.8 Å². The van der Waals surface area contributed by atoms with Crippen LogP contribution in [0.15, 0.2) is 0 Å². The zero-order chi connectivity index (χ0) is 11.6. The lowest BCUT2D eigenvalue weighted by atomic mass is 10.1. The monoisotopic (exact) mass is 209 g/mol. The van der Waals surface area contributed by atoms with Gasteiger partial charge in [-0.1, -0.05) is 0 Å². The van der Waals surface area contributed by atoms with E-state index >= 15 is 0 Å². The molecule has 0 amide bonds. The molecule has 1 N–H and O–H groups in total. The number of nitrogens with zero attached hydrogens (tertiary/aromatic N) is 2. The Bertz CT molecular complexity index is 331. The van der Waals surface area contributed by atoms with E-state index in [1.165, 1.54) is 11.3 Å². The van der Waals surface area contributed by atoms with Crippen molar-refractivity contribution in [3.8, 4) is 0 Å². The molecular formula is C12H23N3. The highest BCUT2D eigenvalue weighted by atomic mass is 15.3. The van der Waals surface area contributed by atoms with Crippen LogP contribution in [0.5, 0.6) is 0 Å². The van der Waals surface area contributed by atoms with E-state index in [0.717, 1.165) is 18.7 Å². The fourth-order valence-electron chi connectivity index (χ4n) is 1.74. The Morgan fingerprint density at radius 1 is 1.27 bits per heavy atom. The molecule has 0 aliphatic carbocycles. The summed E-state index contributed by atoms with van der Waals surface area (Å²) < 4.78 is 1.96. The molecule has 0 aromatic carbocycles. The molecule has 0 fully saturated rings. The molecule has 3 heteroatoms. The third-order valence-corrected chi connectivity index (χ3v) is 2.69. The van der Waals surface area contributed by atoms with Gasteiger partial charge in [-0.2, -0.15) is 5.10 Å². The second-order valence-corrected chi connectivity index (χ2v) is 5.20. The van der Waals surface area contributed by atoms with Crippen LogP contribution in [-0.4, -0.2) is 21.9 Å². The van der Waals surface area contributed by atoms with Gasteiger partial charge in [-0.3, -0.25) is 4.68 Å². The van der Waals surface area contributed by atoms with Crippen LogP contribution in [-0.2, 0) is 13.5 Å². The summed E-state index contributed by atoms with van der Waals surface area (Å²) in [5.41, 5.74) is 4.02. The number of nitrogens with one attached hydrogen (secondary N) is 1. The number of aryl methyl sites for hydroxylation is 2. The number of hydrogen-bond donors (Lipinski definition) is 1. The van der Waals surface area contributed by atoms with Gasteiger partial charge in [0.15, 0.2) is 0 Å². The molecule has 0 bridgehead atoms. The molecule has 0 aliphatic heterocycles. The summed E-state index contributed by atoms with van der Waals surface area (Å²) >= 11 is 0. The summed E-state index contributed by atoms with van der Waals surface area (Å²) in [7, 11) is 2.00. The summed E-state index contributed by atoms with van der Waals surface area (Å²) in [5.74, 6) is 0. The smallest absolute Gasteiger partial charge is 0.0628 e. The highest BCUT2D eigenvalue weighted by Gasteiger charge is 2.11.